The molecule has 0 saturated heterocycles. The minimum atomic E-state index is -1.46. The number of ether oxygens (including phenoxy) is 1. The maximum Gasteiger partial charge on any atom is 0.339 e. The molecule has 1 N–H and O–H groups in total. The first-order valence-corrected chi connectivity index (χ1v) is 8.20. The van der Waals surface area contributed by atoms with E-state index in [1.165, 1.54) is 18.4 Å². The van der Waals surface area contributed by atoms with E-state index in [0.29, 0.717) is 12.6 Å². The molecular formula is C18H27NO3. The van der Waals surface area contributed by atoms with Crippen LogP contribution in [-0.2, 0) is 16.1 Å². The maximum atomic E-state index is 12.0. The summed E-state index contributed by atoms with van der Waals surface area (Å²) in [6, 6.07) is 10.6. The van der Waals surface area contributed by atoms with Crippen LogP contribution in [0.4, 0.5) is 0 Å². The van der Waals surface area contributed by atoms with Crippen LogP contribution in [0.25, 0.3) is 0 Å². The van der Waals surface area contributed by atoms with E-state index in [9.17, 15) is 9.90 Å². The smallest absolute Gasteiger partial charge is 0.339 e. The van der Waals surface area contributed by atoms with Crippen molar-refractivity contribution in [3.8, 4) is 0 Å². The van der Waals surface area contributed by atoms with Crippen molar-refractivity contribution in [3.63, 3.8) is 0 Å². The third kappa shape index (κ3) is 4.55. The molecule has 0 heterocycles. The van der Waals surface area contributed by atoms with Gasteiger partial charge < -0.3 is 9.84 Å². The Balaban J connectivity index is 2.08. The number of esters is 1. The molecule has 0 amide bonds. The number of hydrogen-bond acceptors (Lipinski definition) is 4. The monoisotopic (exact) mass is 305 g/mol. The molecule has 122 valence electrons. The van der Waals surface area contributed by atoms with Gasteiger partial charge in [-0.25, -0.2) is 4.79 Å². The van der Waals surface area contributed by atoms with E-state index in [2.05, 4.69) is 17.0 Å². The van der Waals surface area contributed by atoms with E-state index in [-0.39, 0.29) is 6.61 Å². The van der Waals surface area contributed by atoms with Crippen molar-refractivity contribution < 1.29 is 14.6 Å². The standard InChI is InChI=1S/C18H27NO3/c1-3-22-17(20)18(2,21)14-19(16-11-7-8-12-16)13-15-9-5-4-6-10-15/h4-6,9-10,16,21H,3,7-8,11-14H2,1-2H3. The second kappa shape index (κ2) is 7.75. The first-order valence-electron chi connectivity index (χ1n) is 8.20. The normalized spacial score (nSPS) is 18.4. The van der Waals surface area contributed by atoms with E-state index < -0.39 is 11.6 Å². The van der Waals surface area contributed by atoms with Crippen molar-refractivity contribution in [1.29, 1.82) is 0 Å². The second-order valence-corrected chi connectivity index (χ2v) is 6.32. The lowest BCUT2D eigenvalue weighted by Gasteiger charge is -2.34. The highest BCUT2D eigenvalue weighted by molar-refractivity contribution is 5.79. The van der Waals surface area contributed by atoms with Crippen LogP contribution in [0.3, 0.4) is 0 Å². The van der Waals surface area contributed by atoms with E-state index in [1.807, 2.05) is 18.2 Å². The zero-order valence-electron chi connectivity index (χ0n) is 13.6. The van der Waals surface area contributed by atoms with Gasteiger partial charge in [-0.1, -0.05) is 43.2 Å². The summed E-state index contributed by atoms with van der Waals surface area (Å²) in [6.45, 7) is 4.66. The van der Waals surface area contributed by atoms with Crippen molar-refractivity contribution in [2.45, 2.75) is 57.7 Å². The molecule has 1 aliphatic rings. The predicted molar refractivity (Wildman–Crippen MR) is 86.4 cm³/mol. The van der Waals surface area contributed by atoms with Gasteiger partial charge in [0.05, 0.1) is 6.61 Å². The van der Waals surface area contributed by atoms with Gasteiger partial charge in [-0.2, -0.15) is 0 Å². The highest BCUT2D eigenvalue weighted by atomic mass is 16.5. The average Bonchev–Trinajstić information content (AvgIpc) is 3.02. The fraction of sp³-hybridized carbons (Fsp3) is 0.611. The third-order valence-corrected chi connectivity index (χ3v) is 4.30. The summed E-state index contributed by atoms with van der Waals surface area (Å²) in [6.07, 6.45) is 4.70. The fourth-order valence-corrected chi connectivity index (χ4v) is 3.15. The maximum absolute atomic E-state index is 12.0. The molecule has 1 atom stereocenters. The molecular weight excluding hydrogens is 278 g/mol. The molecule has 2 rings (SSSR count). The summed E-state index contributed by atoms with van der Waals surface area (Å²) in [4.78, 5) is 14.2. The Kier molecular flexibility index (Phi) is 5.98. The number of aliphatic hydroxyl groups is 1. The highest BCUT2D eigenvalue weighted by Gasteiger charge is 2.36. The Morgan fingerprint density at radius 1 is 1.32 bits per heavy atom. The fourth-order valence-electron chi connectivity index (χ4n) is 3.15. The first kappa shape index (κ1) is 17.0. The van der Waals surface area contributed by atoms with Gasteiger partial charge in [0.2, 0.25) is 0 Å². The first-order chi connectivity index (χ1) is 10.5. The Bertz CT molecular complexity index is 466. The van der Waals surface area contributed by atoms with Gasteiger partial charge in [0.25, 0.3) is 0 Å². The molecule has 22 heavy (non-hydrogen) atoms. The van der Waals surface area contributed by atoms with Gasteiger partial charge in [0.15, 0.2) is 5.60 Å². The van der Waals surface area contributed by atoms with Gasteiger partial charge in [0.1, 0.15) is 0 Å². The minimum Gasteiger partial charge on any atom is -0.464 e. The molecule has 1 aromatic rings. The summed E-state index contributed by atoms with van der Waals surface area (Å²) >= 11 is 0. The quantitative estimate of drug-likeness (QED) is 0.787. The molecule has 1 unspecified atom stereocenters. The summed E-state index contributed by atoms with van der Waals surface area (Å²) in [5.41, 5.74) is -0.262. The summed E-state index contributed by atoms with van der Waals surface area (Å²) in [5.74, 6) is -0.536. The molecule has 1 saturated carbocycles. The van der Waals surface area contributed by atoms with Crippen molar-refractivity contribution >= 4 is 5.97 Å². The number of carbonyl (C=O) groups is 1. The zero-order chi connectivity index (χ0) is 16.0. The lowest BCUT2D eigenvalue weighted by atomic mass is 10.0. The number of hydrogen-bond donors (Lipinski definition) is 1. The van der Waals surface area contributed by atoms with E-state index in [1.54, 1.807) is 13.8 Å². The van der Waals surface area contributed by atoms with Crippen LogP contribution in [0.2, 0.25) is 0 Å². The van der Waals surface area contributed by atoms with E-state index in [4.69, 9.17) is 4.74 Å². The molecule has 0 bridgehead atoms. The van der Waals surface area contributed by atoms with Crippen LogP contribution in [-0.4, -0.2) is 40.8 Å². The van der Waals surface area contributed by atoms with Crippen molar-refractivity contribution in [2.75, 3.05) is 13.2 Å². The Labute approximate surface area is 133 Å². The summed E-state index contributed by atoms with van der Waals surface area (Å²) < 4.78 is 5.00. The van der Waals surface area contributed by atoms with Crippen molar-refractivity contribution in [1.82, 2.24) is 4.90 Å². The minimum absolute atomic E-state index is 0.289. The van der Waals surface area contributed by atoms with Crippen LogP contribution in [0.1, 0.15) is 45.1 Å². The largest absolute Gasteiger partial charge is 0.464 e. The Morgan fingerprint density at radius 2 is 1.95 bits per heavy atom. The lowest BCUT2D eigenvalue weighted by Crippen LogP contribution is -2.50. The van der Waals surface area contributed by atoms with Gasteiger partial charge in [-0.15, -0.1) is 0 Å². The van der Waals surface area contributed by atoms with Crippen LogP contribution >= 0.6 is 0 Å². The summed E-state index contributed by atoms with van der Waals surface area (Å²) in [7, 11) is 0. The number of carbonyl (C=O) groups excluding carboxylic acids is 1. The van der Waals surface area contributed by atoms with Gasteiger partial charge in [-0.3, -0.25) is 4.90 Å². The highest BCUT2D eigenvalue weighted by Crippen LogP contribution is 2.26. The van der Waals surface area contributed by atoms with Crippen LogP contribution < -0.4 is 0 Å². The molecule has 4 nitrogen and oxygen atoms in total. The molecule has 4 heteroatoms. The van der Waals surface area contributed by atoms with E-state index in [0.717, 1.165) is 19.4 Å². The third-order valence-electron chi connectivity index (χ3n) is 4.30. The molecule has 1 fully saturated rings. The molecule has 0 aliphatic heterocycles. The van der Waals surface area contributed by atoms with Crippen molar-refractivity contribution in [3.05, 3.63) is 35.9 Å². The topological polar surface area (TPSA) is 49.8 Å². The molecule has 1 aliphatic carbocycles. The van der Waals surface area contributed by atoms with E-state index >= 15 is 0 Å². The Hall–Kier alpha value is -1.39. The van der Waals surface area contributed by atoms with Gasteiger partial charge in [-0.05, 0) is 32.3 Å². The zero-order valence-corrected chi connectivity index (χ0v) is 13.6. The van der Waals surface area contributed by atoms with Crippen LogP contribution in [0.5, 0.6) is 0 Å². The Morgan fingerprint density at radius 3 is 2.55 bits per heavy atom. The molecule has 0 radical (unpaired) electrons. The van der Waals surface area contributed by atoms with Gasteiger partial charge >= 0.3 is 5.97 Å². The van der Waals surface area contributed by atoms with Crippen molar-refractivity contribution in [2.24, 2.45) is 0 Å². The summed E-state index contributed by atoms with van der Waals surface area (Å²) in [5, 5.41) is 10.5. The van der Waals surface area contributed by atoms with Gasteiger partial charge in [0, 0.05) is 19.1 Å². The molecule has 0 spiro atoms. The average molecular weight is 305 g/mol. The molecule has 1 aromatic carbocycles. The second-order valence-electron chi connectivity index (χ2n) is 6.32. The SMILES string of the molecule is CCOC(=O)C(C)(O)CN(Cc1ccccc1)C1CCCC1. The predicted octanol–water partition coefficient (Wildman–Crippen LogP) is 2.75. The number of nitrogens with zero attached hydrogens (tertiary/aromatic N) is 1. The van der Waals surface area contributed by atoms with Crippen LogP contribution in [0.15, 0.2) is 30.3 Å². The number of rotatable bonds is 7. The molecule has 0 aromatic heterocycles. The lowest BCUT2D eigenvalue weighted by molar-refractivity contribution is -0.165. The number of benzene rings is 1. The van der Waals surface area contributed by atoms with Crippen LogP contribution in [0, 0.1) is 0 Å².